The minimum atomic E-state index is -0.417. The molecule has 3 heterocycles. The number of rotatable bonds is 4. The molecule has 1 amide bonds. The molecule has 0 saturated carbocycles. The summed E-state index contributed by atoms with van der Waals surface area (Å²) >= 11 is 5.85. The van der Waals surface area contributed by atoms with Crippen LogP contribution in [0.4, 0.5) is 4.39 Å². The van der Waals surface area contributed by atoms with Crippen molar-refractivity contribution in [3.63, 3.8) is 0 Å². The van der Waals surface area contributed by atoms with Gasteiger partial charge in [0.2, 0.25) is 5.91 Å². The quantitative estimate of drug-likeness (QED) is 0.616. The Hall–Kier alpha value is -1.25. The molecule has 3 aliphatic rings. The number of hydrazine groups is 1. The predicted octanol–water partition coefficient (Wildman–Crippen LogP) is 1.19. The normalized spacial score (nSPS) is 33.8. The summed E-state index contributed by atoms with van der Waals surface area (Å²) in [6.45, 7) is 5.62. The molecule has 5 unspecified atom stereocenters. The zero-order valence-corrected chi connectivity index (χ0v) is 16.2. The van der Waals surface area contributed by atoms with Gasteiger partial charge in [0.05, 0.1) is 11.1 Å². The summed E-state index contributed by atoms with van der Waals surface area (Å²) in [5.74, 6) is -0.157. The van der Waals surface area contributed by atoms with Crippen LogP contribution in [-0.2, 0) is 4.79 Å². The molecule has 4 rings (SSSR count). The molecule has 5 atom stereocenters. The summed E-state index contributed by atoms with van der Waals surface area (Å²) in [6, 6.07) is 4.95. The highest BCUT2D eigenvalue weighted by atomic mass is 35.5. The second kappa shape index (κ2) is 8.01. The molecule has 3 saturated heterocycles. The van der Waals surface area contributed by atoms with Crippen molar-refractivity contribution >= 4 is 17.5 Å². The van der Waals surface area contributed by atoms with Crippen LogP contribution in [0.25, 0.3) is 0 Å². The van der Waals surface area contributed by atoms with Crippen molar-refractivity contribution in [2.24, 2.45) is 5.92 Å². The first-order valence-electron chi connectivity index (χ1n) is 9.79. The first kappa shape index (κ1) is 19.1. The van der Waals surface area contributed by atoms with Crippen LogP contribution in [0.5, 0.6) is 0 Å². The van der Waals surface area contributed by atoms with E-state index in [1.54, 1.807) is 6.07 Å². The van der Waals surface area contributed by atoms with E-state index in [0.29, 0.717) is 6.04 Å². The Morgan fingerprint density at radius 3 is 3.00 bits per heavy atom. The van der Waals surface area contributed by atoms with Gasteiger partial charge in [0.1, 0.15) is 11.9 Å². The van der Waals surface area contributed by atoms with E-state index >= 15 is 0 Å². The molecule has 0 aliphatic carbocycles. The van der Waals surface area contributed by atoms with Crippen LogP contribution in [0.2, 0.25) is 5.02 Å². The zero-order chi connectivity index (χ0) is 19.0. The molecule has 3 aliphatic heterocycles. The van der Waals surface area contributed by atoms with Crippen molar-refractivity contribution in [3.05, 3.63) is 34.6 Å². The van der Waals surface area contributed by atoms with Crippen molar-refractivity contribution < 1.29 is 9.18 Å². The van der Waals surface area contributed by atoms with Crippen molar-refractivity contribution in [1.82, 2.24) is 26.4 Å². The summed E-state index contributed by atoms with van der Waals surface area (Å²) in [7, 11) is 0. The molecular formula is C19H27ClFN5O. The Labute approximate surface area is 164 Å². The van der Waals surface area contributed by atoms with Gasteiger partial charge in [-0.2, -0.15) is 0 Å². The maximum atomic E-state index is 14.0. The Morgan fingerprint density at radius 2 is 2.22 bits per heavy atom. The predicted molar refractivity (Wildman–Crippen MR) is 103 cm³/mol. The van der Waals surface area contributed by atoms with Gasteiger partial charge in [0, 0.05) is 31.1 Å². The number of fused-ring (bicyclic) bond motifs is 1. The highest BCUT2D eigenvalue weighted by Crippen LogP contribution is 2.34. The highest BCUT2D eigenvalue weighted by Gasteiger charge is 2.43. The highest BCUT2D eigenvalue weighted by molar-refractivity contribution is 6.30. The van der Waals surface area contributed by atoms with Crippen molar-refractivity contribution in [2.45, 2.75) is 43.9 Å². The first-order valence-corrected chi connectivity index (χ1v) is 10.2. The lowest BCUT2D eigenvalue weighted by Crippen LogP contribution is -2.52. The van der Waals surface area contributed by atoms with Crippen molar-refractivity contribution in [2.75, 3.05) is 26.2 Å². The number of nitrogens with zero attached hydrogens (tertiary/aromatic N) is 1. The Kier molecular flexibility index (Phi) is 5.66. The number of benzene rings is 1. The van der Waals surface area contributed by atoms with Gasteiger partial charge < -0.3 is 10.6 Å². The van der Waals surface area contributed by atoms with E-state index in [4.69, 9.17) is 11.6 Å². The van der Waals surface area contributed by atoms with Crippen LogP contribution >= 0.6 is 11.6 Å². The maximum absolute atomic E-state index is 14.0. The summed E-state index contributed by atoms with van der Waals surface area (Å²) < 4.78 is 14.0. The molecule has 0 bridgehead atoms. The number of carbonyl (C=O) groups is 1. The molecule has 4 N–H and O–H groups in total. The third-order valence-electron chi connectivity index (χ3n) is 6.18. The Morgan fingerprint density at radius 1 is 1.37 bits per heavy atom. The number of hydrogen-bond acceptors (Lipinski definition) is 5. The number of halogens is 2. The van der Waals surface area contributed by atoms with E-state index in [9.17, 15) is 9.18 Å². The number of carbonyl (C=O) groups excluding carboxylic acids is 1. The first-order chi connectivity index (χ1) is 13.1. The van der Waals surface area contributed by atoms with E-state index in [-0.39, 0.29) is 35.0 Å². The lowest BCUT2D eigenvalue weighted by atomic mass is 9.88. The summed E-state index contributed by atoms with van der Waals surface area (Å²) in [5, 5.41) is 6.73. The summed E-state index contributed by atoms with van der Waals surface area (Å²) in [5.41, 5.74) is 7.30. The van der Waals surface area contributed by atoms with Crippen LogP contribution < -0.4 is 21.5 Å². The molecule has 6 nitrogen and oxygen atoms in total. The van der Waals surface area contributed by atoms with Crippen LogP contribution in [-0.4, -0.2) is 55.1 Å². The van der Waals surface area contributed by atoms with Crippen molar-refractivity contribution in [1.29, 1.82) is 0 Å². The van der Waals surface area contributed by atoms with E-state index < -0.39 is 5.82 Å². The lowest BCUT2D eigenvalue weighted by Gasteiger charge is -2.31. The zero-order valence-electron chi connectivity index (χ0n) is 15.5. The summed E-state index contributed by atoms with van der Waals surface area (Å²) in [6.07, 6.45) is 1.86. The second-order valence-corrected chi connectivity index (χ2v) is 8.09. The fourth-order valence-corrected chi connectivity index (χ4v) is 4.87. The third-order valence-corrected chi connectivity index (χ3v) is 6.49. The SMILES string of the molecule is CCN1CCC(NC(=O)C2NNC3CCNCC32)C1c1ccc(Cl)c(F)c1. The van der Waals surface area contributed by atoms with Crippen molar-refractivity contribution in [3.8, 4) is 0 Å². The smallest absolute Gasteiger partial charge is 0.239 e. The fraction of sp³-hybridized carbons (Fsp3) is 0.632. The summed E-state index contributed by atoms with van der Waals surface area (Å²) in [4.78, 5) is 15.3. The number of amides is 1. The largest absolute Gasteiger partial charge is 0.350 e. The molecule has 148 valence electrons. The number of hydrogen-bond donors (Lipinski definition) is 4. The number of nitrogens with one attached hydrogen (secondary N) is 4. The van der Waals surface area contributed by atoms with Gasteiger partial charge in [0.25, 0.3) is 0 Å². The van der Waals surface area contributed by atoms with Gasteiger partial charge >= 0.3 is 0 Å². The lowest BCUT2D eigenvalue weighted by molar-refractivity contribution is -0.124. The van der Waals surface area contributed by atoms with Gasteiger partial charge in [0.15, 0.2) is 0 Å². The average molecular weight is 396 g/mol. The maximum Gasteiger partial charge on any atom is 0.239 e. The molecule has 3 fully saturated rings. The Balaban J connectivity index is 1.49. The molecule has 27 heavy (non-hydrogen) atoms. The topological polar surface area (TPSA) is 68.4 Å². The minimum Gasteiger partial charge on any atom is -0.350 e. The molecule has 8 heteroatoms. The van der Waals surface area contributed by atoms with E-state index in [2.05, 4.69) is 33.3 Å². The monoisotopic (exact) mass is 395 g/mol. The van der Waals surface area contributed by atoms with Gasteiger partial charge in [-0.3, -0.25) is 15.1 Å². The van der Waals surface area contributed by atoms with Gasteiger partial charge in [-0.25, -0.2) is 9.82 Å². The molecule has 0 aromatic heterocycles. The number of piperidine rings is 1. The molecule has 0 radical (unpaired) electrons. The van der Waals surface area contributed by atoms with Crippen LogP contribution in [0.1, 0.15) is 31.4 Å². The van der Waals surface area contributed by atoms with Gasteiger partial charge in [-0.1, -0.05) is 24.6 Å². The number of likely N-dealkylation sites (N-methyl/N-ethyl adjacent to an activating group) is 1. The van der Waals surface area contributed by atoms with Crippen LogP contribution in [0, 0.1) is 11.7 Å². The Bertz CT molecular complexity index is 705. The second-order valence-electron chi connectivity index (χ2n) is 7.68. The van der Waals surface area contributed by atoms with E-state index in [1.165, 1.54) is 6.07 Å². The molecule has 1 aromatic rings. The fourth-order valence-electron chi connectivity index (χ4n) is 4.75. The van der Waals surface area contributed by atoms with E-state index in [0.717, 1.165) is 44.6 Å². The van der Waals surface area contributed by atoms with Gasteiger partial charge in [-0.05, 0) is 43.6 Å². The van der Waals surface area contributed by atoms with Crippen LogP contribution in [0.15, 0.2) is 18.2 Å². The third kappa shape index (κ3) is 3.71. The molecular weight excluding hydrogens is 369 g/mol. The molecule has 1 aromatic carbocycles. The minimum absolute atomic E-state index is 0.0149. The number of likely N-dealkylation sites (tertiary alicyclic amines) is 1. The van der Waals surface area contributed by atoms with Crippen LogP contribution in [0.3, 0.4) is 0 Å². The molecule has 0 spiro atoms. The average Bonchev–Trinajstić information content (AvgIpc) is 3.28. The standard InChI is InChI=1S/C19H27ClFN5O/c1-2-26-8-6-16(18(26)11-3-4-13(20)14(21)9-11)23-19(27)17-12-10-22-7-5-15(12)24-25-17/h3-4,9,12,15-18,22,24-25H,2,5-8,10H2,1H3,(H,23,27). The van der Waals surface area contributed by atoms with E-state index in [1.807, 2.05) is 6.07 Å². The van der Waals surface area contributed by atoms with Gasteiger partial charge in [-0.15, -0.1) is 0 Å².